The number of hydrogen-bond donors (Lipinski definition) is 3. The van der Waals surface area contributed by atoms with Gasteiger partial charge in [-0.1, -0.05) is 24.3 Å². The van der Waals surface area contributed by atoms with E-state index in [2.05, 4.69) is 10.3 Å². The Kier molecular flexibility index (Phi) is 5.01. The van der Waals surface area contributed by atoms with Gasteiger partial charge in [0.15, 0.2) is 0 Å². The molecule has 2 amide bonds. The second-order valence-corrected chi connectivity index (χ2v) is 10.9. The minimum atomic E-state index is -1.20. The number of nitrogens with zero attached hydrogens (tertiary/aromatic N) is 2. The standard InChI is InChI=1S/C26H29BN4O5/c1-25(2)26(3,4)36-27(35-25)16-9-11-17-19(13-16)29-22(28-17)20-12-15-7-5-6-14-8-10-18(30-24(33)34)23(32)31(20)21(14)15/h5-7,9,11,13,18,20,30H,8,10,12H2,1-4H3,(H,28,29)(H,33,34)/t18-,20-/m0/s1. The molecule has 0 saturated carbocycles. The Labute approximate surface area is 209 Å². The highest BCUT2D eigenvalue weighted by atomic mass is 16.7. The number of benzene rings is 2. The van der Waals surface area contributed by atoms with Crippen molar-refractivity contribution >= 4 is 41.3 Å². The highest BCUT2D eigenvalue weighted by molar-refractivity contribution is 6.62. The van der Waals surface area contributed by atoms with Crippen LogP contribution in [0, 0.1) is 0 Å². The summed E-state index contributed by atoms with van der Waals surface area (Å²) >= 11 is 0. The first-order valence-corrected chi connectivity index (χ1v) is 12.3. The first-order chi connectivity index (χ1) is 17.0. The van der Waals surface area contributed by atoms with E-state index in [9.17, 15) is 14.7 Å². The lowest BCUT2D eigenvalue weighted by atomic mass is 9.79. The molecule has 0 unspecified atom stereocenters. The lowest BCUT2D eigenvalue weighted by molar-refractivity contribution is -0.120. The minimum absolute atomic E-state index is 0.246. The maximum atomic E-state index is 13.6. The van der Waals surface area contributed by atoms with Gasteiger partial charge in [0.2, 0.25) is 5.91 Å². The molecule has 186 valence electrons. The third-order valence-electron chi connectivity index (χ3n) is 8.07. The van der Waals surface area contributed by atoms with E-state index in [1.165, 1.54) is 0 Å². The van der Waals surface area contributed by atoms with Crippen LogP contribution in [0.4, 0.5) is 10.5 Å². The van der Waals surface area contributed by atoms with Gasteiger partial charge in [0.1, 0.15) is 11.9 Å². The normalized spacial score (nSPS) is 24.2. The molecule has 2 atom stereocenters. The number of aromatic amines is 1. The highest BCUT2D eigenvalue weighted by Crippen LogP contribution is 2.44. The van der Waals surface area contributed by atoms with E-state index in [1.54, 1.807) is 4.90 Å². The molecule has 9 nitrogen and oxygen atoms in total. The maximum Gasteiger partial charge on any atom is 0.494 e. The van der Waals surface area contributed by atoms with Crippen molar-refractivity contribution in [3.05, 3.63) is 53.3 Å². The first kappa shape index (κ1) is 23.1. The molecule has 3 aliphatic rings. The quantitative estimate of drug-likeness (QED) is 0.488. The Hall–Kier alpha value is -3.37. The molecule has 3 N–H and O–H groups in total. The molecule has 2 aromatic carbocycles. The van der Waals surface area contributed by atoms with Crippen molar-refractivity contribution < 1.29 is 24.0 Å². The topological polar surface area (TPSA) is 117 Å². The van der Waals surface area contributed by atoms with Crippen molar-refractivity contribution in [1.82, 2.24) is 15.3 Å². The van der Waals surface area contributed by atoms with Crippen LogP contribution < -0.4 is 15.7 Å². The van der Waals surface area contributed by atoms with Crippen molar-refractivity contribution in [2.24, 2.45) is 0 Å². The van der Waals surface area contributed by atoms with Gasteiger partial charge in [0.05, 0.1) is 34.0 Å². The number of amides is 2. The summed E-state index contributed by atoms with van der Waals surface area (Å²) in [6.07, 6.45) is 0.455. The summed E-state index contributed by atoms with van der Waals surface area (Å²) in [5, 5.41) is 11.7. The smallest absolute Gasteiger partial charge is 0.465 e. The predicted molar refractivity (Wildman–Crippen MR) is 135 cm³/mol. The fourth-order valence-electron chi connectivity index (χ4n) is 5.46. The molecule has 0 aliphatic carbocycles. The number of anilines is 1. The summed E-state index contributed by atoms with van der Waals surface area (Å²) in [7, 11) is -0.487. The van der Waals surface area contributed by atoms with Gasteiger partial charge in [-0.2, -0.15) is 0 Å². The summed E-state index contributed by atoms with van der Waals surface area (Å²) in [6, 6.07) is 10.8. The fraction of sp³-hybridized carbons (Fsp3) is 0.423. The molecular formula is C26H29BN4O5. The number of carboxylic acid groups (broad SMARTS) is 1. The van der Waals surface area contributed by atoms with E-state index in [0.717, 1.165) is 33.3 Å². The second kappa shape index (κ2) is 7.82. The van der Waals surface area contributed by atoms with Crippen molar-refractivity contribution in [2.45, 2.75) is 70.2 Å². The number of para-hydroxylation sites is 1. The third-order valence-corrected chi connectivity index (χ3v) is 8.07. The first-order valence-electron chi connectivity index (χ1n) is 12.3. The lowest BCUT2D eigenvalue weighted by Crippen LogP contribution is -2.48. The SMILES string of the molecule is CC1(C)OB(c2ccc3nc([C@@H]4Cc5cccc6c5N4C(=O)[C@@H](NC(=O)O)CC6)[nH]c3c2)OC1(C)C. The average Bonchev–Trinajstić information content (AvgIpc) is 3.43. The van der Waals surface area contributed by atoms with Crippen LogP contribution in [0.25, 0.3) is 11.0 Å². The van der Waals surface area contributed by atoms with Crippen molar-refractivity contribution in [1.29, 1.82) is 0 Å². The number of hydrogen-bond acceptors (Lipinski definition) is 5. The number of aromatic nitrogens is 2. The van der Waals surface area contributed by atoms with E-state index in [-0.39, 0.29) is 11.9 Å². The van der Waals surface area contributed by atoms with E-state index < -0.39 is 30.5 Å². The fourth-order valence-corrected chi connectivity index (χ4v) is 5.46. The summed E-state index contributed by atoms with van der Waals surface area (Å²) < 4.78 is 12.4. The van der Waals surface area contributed by atoms with Crippen molar-refractivity contribution in [2.75, 3.05) is 4.90 Å². The molecule has 1 saturated heterocycles. The Morgan fingerprint density at radius 2 is 1.89 bits per heavy atom. The Balaban J connectivity index is 1.36. The Bertz CT molecular complexity index is 1380. The van der Waals surface area contributed by atoms with Crippen LogP contribution in [-0.4, -0.2) is 51.4 Å². The summed E-state index contributed by atoms with van der Waals surface area (Å²) in [5.41, 5.74) is 4.64. The molecule has 1 fully saturated rings. The molecule has 4 heterocycles. The largest absolute Gasteiger partial charge is 0.494 e. The average molecular weight is 488 g/mol. The molecule has 1 aromatic heterocycles. The number of nitrogens with one attached hydrogen (secondary N) is 2. The zero-order valence-corrected chi connectivity index (χ0v) is 20.8. The number of imidazole rings is 1. The van der Waals surface area contributed by atoms with E-state index in [1.807, 2.05) is 64.1 Å². The molecule has 0 bridgehead atoms. The van der Waals surface area contributed by atoms with E-state index >= 15 is 0 Å². The minimum Gasteiger partial charge on any atom is -0.465 e. The molecule has 0 radical (unpaired) electrons. The van der Waals surface area contributed by atoms with Crippen LogP contribution in [0.2, 0.25) is 0 Å². The van der Waals surface area contributed by atoms with E-state index in [4.69, 9.17) is 14.3 Å². The van der Waals surface area contributed by atoms with Gasteiger partial charge in [0, 0.05) is 6.42 Å². The summed E-state index contributed by atoms with van der Waals surface area (Å²) in [6.45, 7) is 8.10. The van der Waals surface area contributed by atoms with E-state index in [0.29, 0.717) is 25.1 Å². The van der Waals surface area contributed by atoms with Crippen LogP contribution in [-0.2, 0) is 26.9 Å². The monoisotopic (exact) mass is 488 g/mol. The molecule has 6 rings (SSSR count). The summed E-state index contributed by atoms with van der Waals surface area (Å²) in [5.74, 6) is 0.423. The molecule has 10 heteroatoms. The summed E-state index contributed by atoms with van der Waals surface area (Å²) in [4.78, 5) is 35.0. The highest BCUT2D eigenvalue weighted by Gasteiger charge is 2.51. The van der Waals surface area contributed by atoms with Gasteiger partial charge in [0.25, 0.3) is 0 Å². The number of aryl methyl sites for hydroxylation is 1. The second-order valence-electron chi connectivity index (χ2n) is 10.9. The number of H-pyrrole nitrogens is 1. The van der Waals surface area contributed by atoms with Gasteiger partial charge in [-0.3, -0.25) is 9.69 Å². The number of fused-ring (bicyclic) bond motifs is 1. The number of rotatable bonds is 3. The number of carbonyl (C=O) groups excluding carboxylic acids is 1. The Morgan fingerprint density at radius 1 is 1.17 bits per heavy atom. The molecule has 36 heavy (non-hydrogen) atoms. The molecule has 3 aromatic rings. The molecular weight excluding hydrogens is 459 g/mol. The van der Waals surface area contributed by atoms with Crippen LogP contribution in [0.5, 0.6) is 0 Å². The van der Waals surface area contributed by atoms with Crippen molar-refractivity contribution in [3.63, 3.8) is 0 Å². The van der Waals surface area contributed by atoms with Crippen LogP contribution in [0.1, 0.15) is 57.1 Å². The van der Waals surface area contributed by atoms with Crippen molar-refractivity contribution in [3.8, 4) is 0 Å². The molecule has 0 spiro atoms. The molecule has 3 aliphatic heterocycles. The zero-order valence-electron chi connectivity index (χ0n) is 20.8. The lowest BCUT2D eigenvalue weighted by Gasteiger charge is -2.32. The van der Waals surface area contributed by atoms with Crippen LogP contribution in [0.3, 0.4) is 0 Å². The van der Waals surface area contributed by atoms with Gasteiger partial charge < -0.3 is 24.7 Å². The zero-order chi connectivity index (χ0) is 25.4. The predicted octanol–water partition coefficient (Wildman–Crippen LogP) is 3.07. The van der Waals surface area contributed by atoms with Gasteiger partial charge >= 0.3 is 13.2 Å². The van der Waals surface area contributed by atoms with Gasteiger partial charge in [-0.25, -0.2) is 9.78 Å². The Morgan fingerprint density at radius 3 is 2.61 bits per heavy atom. The maximum absolute atomic E-state index is 13.6. The van der Waals surface area contributed by atoms with Crippen LogP contribution in [0.15, 0.2) is 36.4 Å². The number of carbonyl (C=O) groups is 2. The third kappa shape index (κ3) is 3.50. The van der Waals surface area contributed by atoms with Gasteiger partial charge in [-0.05, 0) is 69.3 Å². The van der Waals surface area contributed by atoms with Gasteiger partial charge in [-0.15, -0.1) is 0 Å². The van der Waals surface area contributed by atoms with Crippen LogP contribution >= 0.6 is 0 Å².